The Morgan fingerprint density at radius 3 is 2.22 bits per heavy atom. The van der Waals surface area contributed by atoms with Crippen LogP contribution in [0.2, 0.25) is 18.1 Å². The lowest BCUT2D eigenvalue weighted by molar-refractivity contribution is 0.0559. The van der Waals surface area contributed by atoms with E-state index in [2.05, 4.69) is 110 Å². The minimum Gasteiger partial charge on any atom is -0.543 e. The summed E-state index contributed by atoms with van der Waals surface area (Å²) in [7, 11) is -1.91. The smallest absolute Gasteiger partial charge is 0.250 e. The van der Waals surface area contributed by atoms with Crippen molar-refractivity contribution in [2.75, 3.05) is 4.43 Å². The second-order valence-electron chi connectivity index (χ2n) is 12.9. The van der Waals surface area contributed by atoms with Crippen LogP contribution >= 0.6 is 22.6 Å². The maximum atomic E-state index is 6.86. The van der Waals surface area contributed by atoms with Crippen LogP contribution in [-0.2, 0) is 6.42 Å². The molecule has 0 N–H and O–H groups in total. The fraction of sp³-hybridized carbons (Fsp3) is 0.688. The molecule has 1 heterocycles. The molecule has 2 rings (SSSR count). The van der Waals surface area contributed by atoms with E-state index in [0.29, 0.717) is 0 Å². The van der Waals surface area contributed by atoms with E-state index < -0.39 is 8.32 Å². The number of halogens is 1. The summed E-state index contributed by atoms with van der Waals surface area (Å²) in [4.78, 5) is 0. The molecule has 0 amide bonds. The van der Waals surface area contributed by atoms with Crippen LogP contribution in [0.1, 0.15) is 109 Å². The van der Waals surface area contributed by atoms with Crippen LogP contribution in [0.25, 0.3) is 0 Å². The zero-order valence-electron chi connectivity index (χ0n) is 25.2. The van der Waals surface area contributed by atoms with Crippen LogP contribution in [0.5, 0.6) is 11.5 Å². The molecule has 1 aliphatic rings. The third kappa shape index (κ3) is 8.12. The van der Waals surface area contributed by atoms with Crippen LogP contribution < -0.4 is 9.16 Å². The molecular weight excluding hydrogens is 571 g/mol. The van der Waals surface area contributed by atoms with Gasteiger partial charge in [-0.2, -0.15) is 0 Å². The second kappa shape index (κ2) is 12.9. The molecule has 1 aromatic carbocycles. The first kappa shape index (κ1) is 31.5. The van der Waals surface area contributed by atoms with Crippen molar-refractivity contribution in [3.05, 3.63) is 45.6 Å². The molecule has 0 bridgehead atoms. The van der Waals surface area contributed by atoms with Gasteiger partial charge in [-0.25, -0.2) is 0 Å². The molecule has 2 nitrogen and oxygen atoms in total. The van der Waals surface area contributed by atoms with Crippen molar-refractivity contribution in [2.45, 2.75) is 137 Å². The van der Waals surface area contributed by atoms with Crippen LogP contribution in [0.4, 0.5) is 0 Å². The molecule has 0 spiro atoms. The monoisotopic (exact) mass is 624 g/mol. The Kier molecular flexibility index (Phi) is 11.2. The molecular formula is C32H53IO2Si. The topological polar surface area (TPSA) is 18.5 Å². The van der Waals surface area contributed by atoms with Gasteiger partial charge in [0.05, 0.1) is 0 Å². The molecule has 0 fully saturated rings. The summed E-state index contributed by atoms with van der Waals surface area (Å²) in [5, 5.41) is 0.181. The van der Waals surface area contributed by atoms with E-state index in [4.69, 9.17) is 9.16 Å². The van der Waals surface area contributed by atoms with Crippen molar-refractivity contribution in [2.24, 2.45) is 0 Å². The molecule has 4 heteroatoms. The van der Waals surface area contributed by atoms with Gasteiger partial charge in [-0.1, -0.05) is 66.7 Å². The van der Waals surface area contributed by atoms with E-state index in [-0.39, 0.29) is 10.6 Å². The van der Waals surface area contributed by atoms with Crippen LogP contribution in [0.15, 0.2) is 23.3 Å². The number of allylic oxidation sites excluding steroid dienone is 4. The maximum Gasteiger partial charge on any atom is 0.250 e. The SMILES string of the molecule is C/C(=C\CCC1(C)CCc2c(C)c(O[Si](C)(C)C(C)(C)C)c(C)c(C)c2O1)CC/C=C(\C)CCCI. The molecule has 36 heavy (non-hydrogen) atoms. The highest BCUT2D eigenvalue weighted by Gasteiger charge is 2.41. The molecule has 0 aromatic heterocycles. The van der Waals surface area contributed by atoms with E-state index in [1.807, 2.05) is 0 Å². The van der Waals surface area contributed by atoms with Gasteiger partial charge >= 0.3 is 0 Å². The lowest BCUT2D eigenvalue weighted by Crippen LogP contribution is -2.44. The second-order valence-corrected chi connectivity index (χ2v) is 18.7. The van der Waals surface area contributed by atoms with E-state index >= 15 is 0 Å². The minimum absolute atomic E-state index is 0.106. The minimum atomic E-state index is -1.91. The highest BCUT2D eigenvalue weighted by molar-refractivity contribution is 14.1. The first-order valence-electron chi connectivity index (χ1n) is 14.0. The fourth-order valence-corrected chi connectivity index (χ4v) is 6.24. The normalized spacial score (nSPS) is 19.2. The van der Waals surface area contributed by atoms with E-state index in [0.717, 1.165) is 50.0 Å². The van der Waals surface area contributed by atoms with Gasteiger partial charge in [0, 0.05) is 5.56 Å². The molecule has 1 unspecified atom stereocenters. The highest BCUT2D eigenvalue weighted by atomic mass is 127. The van der Waals surface area contributed by atoms with Gasteiger partial charge in [-0.05, 0) is 132 Å². The Hall–Kier alpha value is -0.753. The maximum absolute atomic E-state index is 6.86. The Bertz CT molecular complexity index is 968. The van der Waals surface area contributed by atoms with Crippen molar-refractivity contribution >= 4 is 30.9 Å². The summed E-state index contributed by atoms with van der Waals surface area (Å²) in [5.74, 6) is 2.23. The van der Waals surface area contributed by atoms with Crippen molar-refractivity contribution in [3.8, 4) is 11.5 Å². The van der Waals surface area contributed by atoms with Crippen LogP contribution in [0, 0.1) is 20.8 Å². The van der Waals surface area contributed by atoms with Gasteiger partial charge in [0.15, 0.2) is 0 Å². The first-order chi connectivity index (χ1) is 16.6. The zero-order valence-corrected chi connectivity index (χ0v) is 28.4. The number of hydrogen-bond donors (Lipinski definition) is 0. The lowest BCUT2D eigenvalue weighted by Gasteiger charge is -2.41. The number of rotatable bonds is 11. The van der Waals surface area contributed by atoms with Gasteiger partial charge in [-0.3, -0.25) is 0 Å². The van der Waals surface area contributed by atoms with Gasteiger partial charge in [-0.15, -0.1) is 0 Å². The lowest BCUT2D eigenvalue weighted by atomic mass is 9.85. The Morgan fingerprint density at radius 2 is 1.61 bits per heavy atom. The standard InChI is InChI=1S/C32H53IO2Si/c1-23(15-12-16-24(2)18-14-22-33)17-13-20-32(9)21-19-28-27(5)29(25(3)26(4)30(28)34-32)35-36(10,11)31(6,7)8/h16-17H,12-15,18-22H2,1-11H3/b23-17+,24-16+. The summed E-state index contributed by atoms with van der Waals surface area (Å²) in [5.41, 5.74) is 8.09. The van der Waals surface area contributed by atoms with Crippen LogP contribution in [0.3, 0.4) is 0 Å². The van der Waals surface area contributed by atoms with Gasteiger partial charge in [0.2, 0.25) is 0 Å². The van der Waals surface area contributed by atoms with Gasteiger partial charge < -0.3 is 9.16 Å². The molecule has 0 saturated heterocycles. The Balaban J connectivity index is 2.09. The third-order valence-corrected chi connectivity index (χ3v) is 13.7. The van der Waals surface area contributed by atoms with Crippen molar-refractivity contribution in [3.63, 3.8) is 0 Å². The van der Waals surface area contributed by atoms with Crippen molar-refractivity contribution in [1.29, 1.82) is 0 Å². The number of hydrogen-bond acceptors (Lipinski definition) is 2. The average Bonchev–Trinajstić information content (AvgIpc) is 2.78. The van der Waals surface area contributed by atoms with Crippen molar-refractivity contribution < 1.29 is 9.16 Å². The average molecular weight is 625 g/mol. The summed E-state index contributed by atoms with van der Waals surface area (Å²) in [6.07, 6.45) is 14.0. The first-order valence-corrected chi connectivity index (χ1v) is 18.4. The summed E-state index contributed by atoms with van der Waals surface area (Å²) in [6, 6.07) is 0. The number of alkyl halides is 1. The van der Waals surface area contributed by atoms with Gasteiger partial charge in [0.25, 0.3) is 8.32 Å². The molecule has 0 aliphatic carbocycles. The largest absolute Gasteiger partial charge is 0.543 e. The number of fused-ring (bicyclic) bond motifs is 1. The summed E-state index contributed by atoms with van der Waals surface area (Å²) < 4.78 is 14.9. The van der Waals surface area contributed by atoms with E-state index in [9.17, 15) is 0 Å². The van der Waals surface area contributed by atoms with Gasteiger partial charge in [0.1, 0.15) is 17.1 Å². The molecule has 0 saturated carbocycles. The fourth-order valence-electron chi connectivity index (χ4n) is 4.74. The predicted molar refractivity (Wildman–Crippen MR) is 170 cm³/mol. The van der Waals surface area contributed by atoms with Crippen LogP contribution in [-0.4, -0.2) is 18.3 Å². The molecule has 1 atom stereocenters. The predicted octanol–water partition coefficient (Wildman–Crippen LogP) is 10.7. The third-order valence-electron chi connectivity index (χ3n) is 8.63. The Morgan fingerprint density at radius 1 is 1.00 bits per heavy atom. The summed E-state index contributed by atoms with van der Waals surface area (Å²) in [6.45, 7) is 25.2. The molecule has 0 radical (unpaired) electrons. The molecule has 1 aromatic rings. The number of ether oxygens (including phenoxy) is 1. The van der Waals surface area contributed by atoms with E-state index in [1.165, 1.54) is 45.1 Å². The Labute approximate surface area is 238 Å². The summed E-state index contributed by atoms with van der Waals surface area (Å²) >= 11 is 2.47. The molecule has 204 valence electrons. The number of benzene rings is 1. The molecule has 1 aliphatic heterocycles. The zero-order chi connectivity index (χ0) is 27.3. The van der Waals surface area contributed by atoms with E-state index in [1.54, 1.807) is 5.57 Å². The highest BCUT2D eigenvalue weighted by Crippen LogP contribution is 2.47. The quantitative estimate of drug-likeness (QED) is 0.106. The van der Waals surface area contributed by atoms with Crippen molar-refractivity contribution in [1.82, 2.24) is 0 Å².